The van der Waals surface area contributed by atoms with Gasteiger partial charge in [-0.25, -0.2) is 9.37 Å². The predicted octanol–water partition coefficient (Wildman–Crippen LogP) is 3.03. The van der Waals surface area contributed by atoms with Gasteiger partial charge in [-0.3, -0.25) is 0 Å². The molecule has 2 aromatic rings. The number of imidazole rings is 1. The Balaban J connectivity index is 2.33. The van der Waals surface area contributed by atoms with Crippen LogP contribution in [0.15, 0.2) is 30.6 Å². The highest BCUT2D eigenvalue weighted by Crippen LogP contribution is 2.18. The summed E-state index contributed by atoms with van der Waals surface area (Å²) in [5, 5.41) is 0.158. The van der Waals surface area contributed by atoms with E-state index in [4.69, 9.17) is 11.6 Å². The first kappa shape index (κ1) is 10.2. The van der Waals surface area contributed by atoms with Crippen molar-refractivity contribution in [2.24, 2.45) is 0 Å². The van der Waals surface area contributed by atoms with Crippen molar-refractivity contribution in [2.45, 2.75) is 13.5 Å². The Kier molecular flexibility index (Phi) is 2.73. The van der Waals surface area contributed by atoms with E-state index in [1.807, 2.05) is 17.7 Å². The molecule has 0 N–H and O–H groups in total. The molecule has 1 heterocycles. The summed E-state index contributed by atoms with van der Waals surface area (Å²) in [6.45, 7) is 2.33. The topological polar surface area (TPSA) is 17.8 Å². The standard InChI is InChI=1S/C11H10ClFN2/c1-8-14-5-6-15(8)7-9-3-2-4-10(12)11(9)13/h2-6H,7H2,1H3. The predicted molar refractivity (Wildman–Crippen MR) is 57.5 cm³/mol. The first-order chi connectivity index (χ1) is 7.18. The summed E-state index contributed by atoms with van der Waals surface area (Å²) in [5.41, 5.74) is 0.573. The minimum atomic E-state index is -0.354. The van der Waals surface area contributed by atoms with Crippen molar-refractivity contribution < 1.29 is 4.39 Å². The van der Waals surface area contributed by atoms with Crippen molar-refractivity contribution in [3.63, 3.8) is 0 Å². The third-order valence-corrected chi connectivity index (χ3v) is 2.59. The van der Waals surface area contributed by atoms with Crippen LogP contribution in [0.1, 0.15) is 11.4 Å². The summed E-state index contributed by atoms with van der Waals surface area (Å²) < 4.78 is 15.4. The number of aromatic nitrogens is 2. The average Bonchev–Trinajstić information content (AvgIpc) is 2.60. The van der Waals surface area contributed by atoms with Crippen molar-refractivity contribution >= 4 is 11.6 Å². The normalized spacial score (nSPS) is 10.6. The highest BCUT2D eigenvalue weighted by Gasteiger charge is 2.07. The number of benzene rings is 1. The largest absolute Gasteiger partial charge is 0.331 e. The summed E-state index contributed by atoms with van der Waals surface area (Å²) >= 11 is 5.69. The van der Waals surface area contributed by atoms with Gasteiger partial charge < -0.3 is 4.57 Å². The van der Waals surface area contributed by atoms with E-state index in [2.05, 4.69) is 4.98 Å². The number of hydrogen-bond donors (Lipinski definition) is 0. The Morgan fingerprint density at radius 3 is 2.93 bits per heavy atom. The summed E-state index contributed by atoms with van der Waals surface area (Å²) in [7, 11) is 0. The lowest BCUT2D eigenvalue weighted by Gasteiger charge is -2.06. The van der Waals surface area contributed by atoms with Gasteiger partial charge in [0.05, 0.1) is 11.6 Å². The summed E-state index contributed by atoms with van der Waals surface area (Å²) in [4.78, 5) is 4.07. The molecule has 0 saturated heterocycles. The Hall–Kier alpha value is -1.35. The van der Waals surface area contributed by atoms with Gasteiger partial charge in [-0.05, 0) is 13.0 Å². The maximum absolute atomic E-state index is 13.6. The molecule has 0 amide bonds. The van der Waals surface area contributed by atoms with Gasteiger partial charge in [0.15, 0.2) is 0 Å². The van der Waals surface area contributed by atoms with Gasteiger partial charge in [0, 0.05) is 18.0 Å². The minimum absolute atomic E-state index is 0.158. The fraction of sp³-hybridized carbons (Fsp3) is 0.182. The molecular formula is C11H10ClFN2. The quantitative estimate of drug-likeness (QED) is 0.767. The zero-order chi connectivity index (χ0) is 10.8. The van der Waals surface area contributed by atoms with E-state index in [9.17, 15) is 4.39 Å². The van der Waals surface area contributed by atoms with Gasteiger partial charge in [0.25, 0.3) is 0 Å². The Labute approximate surface area is 92.3 Å². The minimum Gasteiger partial charge on any atom is -0.331 e. The first-order valence-corrected chi connectivity index (χ1v) is 4.97. The molecule has 15 heavy (non-hydrogen) atoms. The molecule has 0 saturated carbocycles. The molecule has 0 spiro atoms. The van der Waals surface area contributed by atoms with E-state index in [-0.39, 0.29) is 10.8 Å². The van der Waals surface area contributed by atoms with Gasteiger partial charge in [-0.15, -0.1) is 0 Å². The molecule has 0 aliphatic rings. The van der Waals surface area contributed by atoms with Crippen molar-refractivity contribution in [2.75, 3.05) is 0 Å². The maximum atomic E-state index is 13.6. The number of halogens is 2. The molecular weight excluding hydrogens is 215 g/mol. The fourth-order valence-electron chi connectivity index (χ4n) is 1.42. The number of aryl methyl sites for hydroxylation is 1. The molecule has 0 radical (unpaired) electrons. The van der Waals surface area contributed by atoms with Crippen LogP contribution in [-0.4, -0.2) is 9.55 Å². The molecule has 1 aromatic heterocycles. The summed E-state index contributed by atoms with van der Waals surface area (Å²) in [6.07, 6.45) is 3.51. The highest BCUT2D eigenvalue weighted by atomic mass is 35.5. The second kappa shape index (κ2) is 4.03. The molecule has 0 aliphatic heterocycles. The van der Waals surface area contributed by atoms with Crippen molar-refractivity contribution in [1.29, 1.82) is 0 Å². The molecule has 0 fully saturated rings. The Morgan fingerprint density at radius 2 is 2.27 bits per heavy atom. The molecule has 1 aromatic carbocycles. The molecule has 78 valence electrons. The molecule has 0 aliphatic carbocycles. The summed E-state index contributed by atoms with van der Waals surface area (Å²) in [6, 6.07) is 5.01. The summed E-state index contributed by atoms with van der Waals surface area (Å²) in [5.74, 6) is 0.502. The monoisotopic (exact) mass is 224 g/mol. The fourth-order valence-corrected chi connectivity index (χ4v) is 1.62. The number of nitrogens with zero attached hydrogens (tertiary/aromatic N) is 2. The number of hydrogen-bond acceptors (Lipinski definition) is 1. The van der Waals surface area contributed by atoms with Crippen LogP contribution < -0.4 is 0 Å². The first-order valence-electron chi connectivity index (χ1n) is 4.59. The van der Waals surface area contributed by atoms with Crippen molar-refractivity contribution in [3.05, 3.63) is 52.8 Å². The van der Waals surface area contributed by atoms with E-state index < -0.39 is 0 Å². The molecule has 4 heteroatoms. The third-order valence-electron chi connectivity index (χ3n) is 2.30. The smallest absolute Gasteiger partial charge is 0.146 e. The zero-order valence-corrected chi connectivity index (χ0v) is 9.00. The van der Waals surface area contributed by atoms with Crippen LogP contribution in [0.4, 0.5) is 4.39 Å². The Bertz CT molecular complexity index is 479. The van der Waals surface area contributed by atoms with E-state index in [1.165, 1.54) is 0 Å². The second-order valence-electron chi connectivity index (χ2n) is 3.32. The molecule has 0 bridgehead atoms. The average molecular weight is 225 g/mol. The van der Waals surface area contributed by atoms with Crippen LogP contribution in [0.25, 0.3) is 0 Å². The van der Waals surface area contributed by atoms with Gasteiger partial charge in [-0.1, -0.05) is 23.7 Å². The third kappa shape index (κ3) is 2.02. The lowest BCUT2D eigenvalue weighted by Crippen LogP contribution is -2.03. The Morgan fingerprint density at radius 1 is 1.47 bits per heavy atom. The van der Waals surface area contributed by atoms with Crippen molar-refractivity contribution in [3.8, 4) is 0 Å². The van der Waals surface area contributed by atoms with Crippen molar-refractivity contribution in [1.82, 2.24) is 9.55 Å². The van der Waals surface area contributed by atoms with Gasteiger partial charge in [0.1, 0.15) is 11.6 Å². The van der Waals surface area contributed by atoms with Crippen LogP contribution in [0.2, 0.25) is 5.02 Å². The highest BCUT2D eigenvalue weighted by molar-refractivity contribution is 6.30. The molecule has 2 nitrogen and oxygen atoms in total. The maximum Gasteiger partial charge on any atom is 0.146 e. The van der Waals surface area contributed by atoms with E-state index in [1.54, 1.807) is 24.4 Å². The second-order valence-corrected chi connectivity index (χ2v) is 3.72. The number of rotatable bonds is 2. The van der Waals surface area contributed by atoms with E-state index in [0.29, 0.717) is 12.1 Å². The van der Waals surface area contributed by atoms with Crippen LogP contribution >= 0.6 is 11.6 Å². The molecule has 0 unspecified atom stereocenters. The van der Waals surface area contributed by atoms with E-state index in [0.717, 1.165) is 5.82 Å². The van der Waals surface area contributed by atoms with Gasteiger partial charge in [-0.2, -0.15) is 0 Å². The van der Waals surface area contributed by atoms with Crippen LogP contribution in [0.3, 0.4) is 0 Å². The van der Waals surface area contributed by atoms with E-state index >= 15 is 0 Å². The lowest BCUT2D eigenvalue weighted by atomic mass is 10.2. The molecule has 2 rings (SSSR count). The SMILES string of the molecule is Cc1nccn1Cc1cccc(Cl)c1F. The van der Waals surface area contributed by atoms with Gasteiger partial charge in [0.2, 0.25) is 0 Å². The van der Waals surface area contributed by atoms with Crippen LogP contribution in [0, 0.1) is 12.7 Å². The molecule has 0 atom stereocenters. The van der Waals surface area contributed by atoms with Crippen LogP contribution in [0.5, 0.6) is 0 Å². The lowest BCUT2D eigenvalue weighted by molar-refractivity contribution is 0.597. The van der Waals surface area contributed by atoms with Gasteiger partial charge >= 0.3 is 0 Å². The van der Waals surface area contributed by atoms with Crippen LogP contribution in [-0.2, 0) is 6.54 Å². The zero-order valence-electron chi connectivity index (χ0n) is 8.24.